The Morgan fingerprint density at radius 3 is 2.27 bits per heavy atom. The molecule has 0 unspecified atom stereocenters. The number of carbonyl (C=O) groups is 1. The highest BCUT2D eigenvalue weighted by Gasteiger charge is 2.39. The van der Waals surface area contributed by atoms with Crippen molar-refractivity contribution in [1.29, 1.82) is 0 Å². The van der Waals surface area contributed by atoms with Crippen molar-refractivity contribution in [2.75, 3.05) is 5.32 Å². The summed E-state index contributed by atoms with van der Waals surface area (Å²) in [7, 11) is 0. The van der Waals surface area contributed by atoms with Gasteiger partial charge in [0.25, 0.3) is 0 Å². The van der Waals surface area contributed by atoms with E-state index < -0.39 is 5.41 Å². The molecule has 0 fully saturated rings. The molecule has 0 radical (unpaired) electrons. The van der Waals surface area contributed by atoms with E-state index in [4.69, 9.17) is 0 Å². The van der Waals surface area contributed by atoms with Crippen LogP contribution in [0.1, 0.15) is 36.6 Å². The maximum absolute atomic E-state index is 13.1. The molecule has 5 heteroatoms. The van der Waals surface area contributed by atoms with Gasteiger partial charge in [0.15, 0.2) is 5.13 Å². The average Bonchev–Trinajstić information content (AvgIpc) is 3.02. The van der Waals surface area contributed by atoms with E-state index in [0.29, 0.717) is 5.13 Å². The van der Waals surface area contributed by atoms with Gasteiger partial charge < -0.3 is 10.4 Å². The highest BCUT2D eigenvalue weighted by molar-refractivity contribution is 7.13. The van der Waals surface area contributed by atoms with Crippen LogP contribution in [0.15, 0.2) is 60.0 Å². The van der Waals surface area contributed by atoms with Crippen molar-refractivity contribution in [3.63, 3.8) is 0 Å². The molecule has 4 nitrogen and oxygen atoms in total. The van der Waals surface area contributed by atoms with Gasteiger partial charge in [0.05, 0.1) is 11.1 Å². The number of phenols is 1. The zero-order valence-corrected chi connectivity index (χ0v) is 15.9. The number of benzene rings is 2. The first kappa shape index (κ1) is 18.1. The third kappa shape index (κ3) is 3.78. The van der Waals surface area contributed by atoms with Crippen LogP contribution < -0.4 is 5.32 Å². The lowest BCUT2D eigenvalue weighted by Gasteiger charge is -2.33. The summed E-state index contributed by atoms with van der Waals surface area (Å²) >= 11 is 1.42. The van der Waals surface area contributed by atoms with E-state index >= 15 is 0 Å². The van der Waals surface area contributed by atoms with Gasteiger partial charge in [0.2, 0.25) is 5.91 Å². The smallest absolute Gasteiger partial charge is 0.232 e. The minimum atomic E-state index is -0.724. The average molecular weight is 366 g/mol. The van der Waals surface area contributed by atoms with E-state index in [9.17, 15) is 9.90 Å². The quantitative estimate of drug-likeness (QED) is 0.671. The number of hydrogen-bond acceptors (Lipinski definition) is 4. The molecule has 1 atom stereocenters. The molecule has 26 heavy (non-hydrogen) atoms. The number of nitrogens with zero attached hydrogens (tertiary/aromatic N) is 1. The molecule has 0 bridgehead atoms. The summed E-state index contributed by atoms with van der Waals surface area (Å²) in [6, 6.07) is 17.0. The van der Waals surface area contributed by atoms with Crippen molar-refractivity contribution >= 4 is 22.4 Å². The largest absolute Gasteiger partial charge is 0.508 e. The van der Waals surface area contributed by atoms with Crippen molar-refractivity contribution in [1.82, 2.24) is 4.98 Å². The van der Waals surface area contributed by atoms with E-state index in [0.717, 1.165) is 16.8 Å². The Labute approximate surface area is 157 Å². The van der Waals surface area contributed by atoms with Gasteiger partial charge in [-0.3, -0.25) is 4.79 Å². The SMILES string of the molecule is Cc1csc(NC(=O)C(C)(C)[C@H](c2ccccc2)c2ccc(O)cc2)n1. The van der Waals surface area contributed by atoms with Crippen molar-refractivity contribution in [2.45, 2.75) is 26.7 Å². The second-order valence-electron chi connectivity index (χ2n) is 6.91. The monoisotopic (exact) mass is 366 g/mol. The first-order valence-corrected chi connectivity index (χ1v) is 9.33. The first-order valence-electron chi connectivity index (χ1n) is 8.45. The second kappa shape index (κ2) is 7.30. The van der Waals surface area contributed by atoms with Gasteiger partial charge in [0, 0.05) is 11.3 Å². The summed E-state index contributed by atoms with van der Waals surface area (Å²) in [6.45, 7) is 5.78. The summed E-state index contributed by atoms with van der Waals surface area (Å²) in [5, 5.41) is 15.1. The maximum atomic E-state index is 13.1. The van der Waals surface area contributed by atoms with Crippen LogP contribution in [0.3, 0.4) is 0 Å². The third-order valence-corrected chi connectivity index (χ3v) is 5.38. The standard InChI is InChI=1S/C21H22N2O2S/c1-14-13-26-20(22-14)23-19(25)21(2,3)18(15-7-5-4-6-8-15)16-9-11-17(24)12-10-16/h4-13,18,24H,1-3H3,(H,22,23,25)/t18-/m1/s1. The normalized spacial score (nSPS) is 12.6. The molecule has 3 aromatic rings. The summed E-state index contributed by atoms with van der Waals surface area (Å²) in [6.07, 6.45) is 0. The molecule has 0 aliphatic heterocycles. The number of carbonyl (C=O) groups excluding carboxylic acids is 1. The van der Waals surface area contributed by atoms with Crippen LogP contribution in [0.25, 0.3) is 0 Å². The van der Waals surface area contributed by atoms with Gasteiger partial charge in [-0.15, -0.1) is 11.3 Å². The number of nitrogens with one attached hydrogen (secondary N) is 1. The third-order valence-electron chi connectivity index (χ3n) is 4.51. The molecule has 0 spiro atoms. The molecule has 1 aromatic heterocycles. The topological polar surface area (TPSA) is 62.2 Å². The fraction of sp³-hybridized carbons (Fsp3) is 0.238. The molecule has 0 saturated carbocycles. The lowest BCUT2D eigenvalue weighted by molar-refractivity contribution is -0.124. The number of amides is 1. The van der Waals surface area contributed by atoms with Crippen LogP contribution in [0.4, 0.5) is 5.13 Å². The van der Waals surface area contributed by atoms with Crippen LogP contribution in [0.2, 0.25) is 0 Å². The minimum Gasteiger partial charge on any atom is -0.508 e. The maximum Gasteiger partial charge on any atom is 0.232 e. The van der Waals surface area contributed by atoms with Gasteiger partial charge in [-0.05, 0) is 30.2 Å². The highest BCUT2D eigenvalue weighted by atomic mass is 32.1. The molecule has 0 aliphatic carbocycles. The van der Waals surface area contributed by atoms with Gasteiger partial charge in [-0.1, -0.05) is 56.3 Å². The summed E-state index contributed by atoms with van der Waals surface area (Å²) in [5.74, 6) is -0.0415. The number of aryl methyl sites for hydroxylation is 1. The van der Waals surface area contributed by atoms with Gasteiger partial charge >= 0.3 is 0 Å². The molecule has 1 amide bonds. The van der Waals surface area contributed by atoms with E-state index in [1.54, 1.807) is 12.1 Å². The van der Waals surface area contributed by atoms with Crippen LogP contribution in [0, 0.1) is 12.3 Å². The van der Waals surface area contributed by atoms with Crippen LogP contribution in [-0.4, -0.2) is 16.0 Å². The van der Waals surface area contributed by atoms with E-state index in [2.05, 4.69) is 10.3 Å². The number of rotatable bonds is 5. The van der Waals surface area contributed by atoms with Crippen molar-refractivity contribution in [3.05, 3.63) is 76.8 Å². The van der Waals surface area contributed by atoms with Crippen molar-refractivity contribution < 1.29 is 9.90 Å². The van der Waals surface area contributed by atoms with Gasteiger partial charge in [-0.2, -0.15) is 0 Å². The molecular weight excluding hydrogens is 344 g/mol. The molecule has 0 aliphatic rings. The van der Waals surface area contributed by atoms with Crippen LogP contribution in [-0.2, 0) is 4.79 Å². The number of aromatic nitrogens is 1. The lowest BCUT2D eigenvalue weighted by atomic mass is 9.70. The Balaban J connectivity index is 1.99. The Morgan fingerprint density at radius 1 is 1.08 bits per heavy atom. The van der Waals surface area contributed by atoms with E-state index in [1.807, 2.05) is 68.6 Å². The fourth-order valence-electron chi connectivity index (χ4n) is 3.14. The number of anilines is 1. The number of thiazole rings is 1. The summed E-state index contributed by atoms with van der Waals surface area (Å²) < 4.78 is 0. The summed E-state index contributed by atoms with van der Waals surface area (Å²) in [4.78, 5) is 17.4. The number of aromatic hydroxyl groups is 1. The minimum absolute atomic E-state index is 0.0891. The van der Waals surface area contributed by atoms with Gasteiger partial charge in [-0.25, -0.2) is 4.98 Å². The van der Waals surface area contributed by atoms with Gasteiger partial charge in [0.1, 0.15) is 5.75 Å². The number of hydrogen-bond donors (Lipinski definition) is 2. The van der Waals surface area contributed by atoms with E-state index in [1.165, 1.54) is 11.3 Å². The lowest BCUT2D eigenvalue weighted by Crippen LogP contribution is -2.37. The Morgan fingerprint density at radius 2 is 1.69 bits per heavy atom. The molecule has 2 aromatic carbocycles. The zero-order chi connectivity index (χ0) is 18.7. The molecular formula is C21H22N2O2S. The fourth-order valence-corrected chi connectivity index (χ4v) is 3.82. The van der Waals surface area contributed by atoms with Crippen molar-refractivity contribution in [3.8, 4) is 5.75 Å². The molecule has 1 heterocycles. The molecule has 3 rings (SSSR count). The summed E-state index contributed by atoms with van der Waals surface area (Å²) in [5.41, 5.74) is 2.19. The van der Waals surface area contributed by atoms with Crippen molar-refractivity contribution in [2.24, 2.45) is 5.41 Å². The van der Waals surface area contributed by atoms with Crippen LogP contribution >= 0.6 is 11.3 Å². The van der Waals surface area contributed by atoms with E-state index in [-0.39, 0.29) is 17.6 Å². The molecule has 2 N–H and O–H groups in total. The Hall–Kier alpha value is -2.66. The predicted octanol–water partition coefficient (Wildman–Crippen LogP) is 4.95. The molecule has 0 saturated heterocycles. The second-order valence-corrected chi connectivity index (χ2v) is 7.76. The Kier molecular flexibility index (Phi) is 5.09. The highest BCUT2D eigenvalue weighted by Crippen LogP contribution is 2.42. The first-order chi connectivity index (χ1) is 12.4. The number of phenolic OH excluding ortho intramolecular Hbond substituents is 1. The zero-order valence-electron chi connectivity index (χ0n) is 15.1. The van der Waals surface area contributed by atoms with Crippen LogP contribution in [0.5, 0.6) is 5.75 Å². The molecule has 134 valence electrons. The predicted molar refractivity (Wildman–Crippen MR) is 106 cm³/mol. The Bertz CT molecular complexity index is 886.